The van der Waals surface area contributed by atoms with E-state index in [0.29, 0.717) is 12.0 Å². The average Bonchev–Trinajstić information content (AvgIpc) is 3.30. The molecule has 1 saturated heterocycles. The predicted molar refractivity (Wildman–Crippen MR) is 90.8 cm³/mol. The van der Waals surface area contributed by atoms with Crippen molar-refractivity contribution in [2.45, 2.75) is 32.2 Å². The van der Waals surface area contributed by atoms with Gasteiger partial charge in [0.2, 0.25) is 5.56 Å². The number of piperidine rings is 1. The molecule has 0 bridgehead atoms. The fourth-order valence-corrected chi connectivity index (χ4v) is 3.40. The van der Waals surface area contributed by atoms with E-state index in [9.17, 15) is 4.79 Å². The molecule has 0 aromatic carbocycles. The third kappa shape index (κ3) is 3.87. The third-order valence-electron chi connectivity index (χ3n) is 5.01. The monoisotopic (exact) mass is 301 g/mol. The van der Waals surface area contributed by atoms with Crippen LogP contribution in [0.3, 0.4) is 0 Å². The van der Waals surface area contributed by atoms with Gasteiger partial charge in [-0.2, -0.15) is 0 Å². The lowest BCUT2D eigenvalue weighted by Crippen LogP contribution is -2.34. The molecule has 2 atom stereocenters. The highest BCUT2D eigenvalue weighted by atomic mass is 16.1. The Labute approximate surface area is 132 Å². The van der Waals surface area contributed by atoms with Gasteiger partial charge in [-0.1, -0.05) is 11.6 Å². The number of aromatic nitrogens is 1. The molecule has 1 aliphatic heterocycles. The van der Waals surface area contributed by atoms with Gasteiger partial charge in [0.25, 0.3) is 0 Å². The van der Waals surface area contributed by atoms with Crippen LogP contribution in [-0.4, -0.2) is 30.2 Å². The Morgan fingerprint density at radius 2 is 2.18 bits per heavy atom. The highest BCUT2D eigenvalue weighted by Gasteiger charge is 2.37. The topological polar surface area (TPSA) is 46.1 Å². The molecule has 4 nitrogen and oxygen atoms in total. The summed E-state index contributed by atoms with van der Waals surface area (Å²) in [5, 5.41) is 7.16. The van der Waals surface area contributed by atoms with Crippen molar-refractivity contribution < 1.29 is 0 Å². The minimum atomic E-state index is 0.0442. The van der Waals surface area contributed by atoms with Gasteiger partial charge in [0.05, 0.1) is 0 Å². The first-order valence-corrected chi connectivity index (χ1v) is 8.42. The van der Waals surface area contributed by atoms with Crippen LogP contribution in [0, 0.1) is 11.8 Å². The zero-order chi connectivity index (χ0) is 15.5. The SMILES string of the molecule is C/C(=C\c1ccc(=O)n(C)c1)C1CC1NCC1CCNCC1. The summed E-state index contributed by atoms with van der Waals surface area (Å²) in [5.41, 5.74) is 2.58. The van der Waals surface area contributed by atoms with Gasteiger partial charge >= 0.3 is 0 Å². The number of aryl methyl sites for hydroxylation is 1. The summed E-state index contributed by atoms with van der Waals surface area (Å²) in [4.78, 5) is 11.4. The van der Waals surface area contributed by atoms with Crippen molar-refractivity contribution in [2.24, 2.45) is 18.9 Å². The smallest absolute Gasteiger partial charge is 0.250 e. The molecule has 1 aromatic heterocycles. The van der Waals surface area contributed by atoms with Gasteiger partial charge in [-0.15, -0.1) is 0 Å². The maximum Gasteiger partial charge on any atom is 0.250 e. The maximum atomic E-state index is 11.4. The summed E-state index contributed by atoms with van der Waals surface area (Å²) >= 11 is 0. The van der Waals surface area contributed by atoms with Crippen molar-refractivity contribution in [3.05, 3.63) is 39.8 Å². The number of hydrogen-bond donors (Lipinski definition) is 2. The van der Waals surface area contributed by atoms with E-state index in [2.05, 4.69) is 23.6 Å². The van der Waals surface area contributed by atoms with Gasteiger partial charge in [-0.05, 0) is 69.3 Å². The van der Waals surface area contributed by atoms with Crippen LogP contribution in [-0.2, 0) is 7.05 Å². The van der Waals surface area contributed by atoms with Gasteiger partial charge in [0.15, 0.2) is 0 Å². The zero-order valence-electron chi connectivity index (χ0n) is 13.6. The van der Waals surface area contributed by atoms with Crippen molar-refractivity contribution in [3.63, 3.8) is 0 Å². The second kappa shape index (κ2) is 6.80. The Morgan fingerprint density at radius 3 is 2.91 bits per heavy atom. The van der Waals surface area contributed by atoms with E-state index >= 15 is 0 Å². The van der Waals surface area contributed by atoms with Crippen LogP contribution < -0.4 is 16.2 Å². The van der Waals surface area contributed by atoms with Crippen LogP contribution in [0.5, 0.6) is 0 Å². The van der Waals surface area contributed by atoms with Crippen LogP contribution in [0.25, 0.3) is 6.08 Å². The Bertz CT molecular complexity index is 599. The van der Waals surface area contributed by atoms with Crippen LogP contribution in [0.2, 0.25) is 0 Å². The molecule has 4 heteroatoms. The molecule has 22 heavy (non-hydrogen) atoms. The van der Waals surface area contributed by atoms with Gasteiger partial charge in [-0.25, -0.2) is 0 Å². The average molecular weight is 301 g/mol. The molecule has 2 heterocycles. The van der Waals surface area contributed by atoms with Gasteiger partial charge < -0.3 is 15.2 Å². The first-order valence-electron chi connectivity index (χ1n) is 8.42. The molecule has 120 valence electrons. The normalized spacial score (nSPS) is 26.2. The Hall–Kier alpha value is -1.39. The molecule has 2 unspecified atom stereocenters. The lowest BCUT2D eigenvalue weighted by atomic mass is 9.98. The minimum absolute atomic E-state index is 0.0442. The largest absolute Gasteiger partial charge is 0.318 e. The van der Waals surface area contributed by atoms with E-state index in [-0.39, 0.29) is 5.56 Å². The van der Waals surface area contributed by atoms with Crippen molar-refractivity contribution in [2.75, 3.05) is 19.6 Å². The molecule has 2 N–H and O–H groups in total. The van der Waals surface area contributed by atoms with Crippen LogP contribution >= 0.6 is 0 Å². The number of nitrogens with one attached hydrogen (secondary N) is 2. The minimum Gasteiger partial charge on any atom is -0.318 e. The number of rotatable bonds is 5. The Morgan fingerprint density at radius 1 is 1.41 bits per heavy atom. The number of pyridine rings is 1. The molecule has 1 aromatic rings. The number of hydrogen-bond acceptors (Lipinski definition) is 3. The fourth-order valence-electron chi connectivity index (χ4n) is 3.40. The van der Waals surface area contributed by atoms with E-state index in [1.807, 2.05) is 12.3 Å². The van der Waals surface area contributed by atoms with Crippen molar-refractivity contribution in [3.8, 4) is 0 Å². The van der Waals surface area contributed by atoms with E-state index in [4.69, 9.17) is 0 Å². The van der Waals surface area contributed by atoms with Gasteiger partial charge in [0.1, 0.15) is 0 Å². The summed E-state index contributed by atoms with van der Waals surface area (Å²) in [5.74, 6) is 1.51. The van der Waals surface area contributed by atoms with E-state index < -0.39 is 0 Å². The highest BCUT2D eigenvalue weighted by molar-refractivity contribution is 5.53. The Kier molecular flexibility index (Phi) is 4.79. The van der Waals surface area contributed by atoms with Gasteiger partial charge in [0, 0.05) is 25.4 Å². The van der Waals surface area contributed by atoms with E-state index in [1.165, 1.54) is 37.9 Å². The summed E-state index contributed by atoms with van der Waals surface area (Å²) in [7, 11) is 1.80. The summed E-state index contributed by atoms with van der Waals surface area (Å²) in [6.07, 6.45) is 7.98. The molecule has 1 aliphatic carbocycles. The predicted octanol–water partition coefficient (Wildman–Crippen LogP) is 1.77. The van der Waals surface area contributed by atoms with Crippen LogP contribution in [0.15, 0.2) is 28.7 Å². The molecule has 2 aliphatic rings. The Balaban J connectivity index is 1.51. The molecular formula is C18H27N3O. The van der Waals surface area contributed by atoms with E-state index in [0.717, 1.165) is 18.0 Å². The maximum absolute atomic E-state index is 11.4. The molecule has 2 fully saturated rings. The lowest BCUT2D eigenvalue weighted by Gasteiger charge is -2.22. The fraction of sp³-hybridized carbons (Fsp3) is 0.611. The first-order chi connectivity index (χ1) is 10.6. The zero-order valence-corrected chi connectivity index (χ0v) is 13.6. The quantitative estimate of drug-likeness (QED) is 0.871. The number of nitrogens with zero attached hydrogens (tertiary/aromatic N) is 1. The summed E-state index contributed by atoms with van der Waals surface area (Å²) in [6, 6.07) is 4.20. The van der Waals surface area contributed by atoms with Crippen molar-refractivity contribution >= 4 is 6.08 Å². The van der Waals surface area contributed by atoms with Crippen LogP contribution in [0.1, 0.15) is 31.7 Å². The standard InChI is InChI=1S/C18H27N3O/c1-13(9-15-3-4-18(22)21(2)12-15)16-10-17(16)20-11-14-5-7-19-8-6-14/h3-4,9,12,14,16-17,19-20H,5-8,10-11H2,1-2H3/b13-9+. The van der Waals surface area contributed by atoms with Crippen molar-refractivity contribution in [1.29, 1.82) is 0 Å². The first kappa shape index (κ1) is 15.5. The summed E-state index contributed by atoms with van der Waals surface area (Å²) in [6.45, 7) is 5.72. The molecule has 0 spiro atoms. The van der Waals surface area contributed by atoms with Crippen molar-refractivity contribution in [1.82, 2.24) is 15.2 Å². The molecule has 0 radical (unpaired) electrons. The molecule has 0 amide bonds. The van der Waals surface area contributed by atoms with Gasteiger partial charge in [-0.3, -0.25) is 4.79 Å². The second-order valence-electron chi connectivity index (χ2n) is 6.85. The molecule has 1 saturated carbocycles. The van der Waals surface area contributed by atoms with E-state index in [1.54, 1.807) is 17.7 Å². The third-order valence-corrected chi connectivity index (χ3v) is 5.01. The van der Waals surface area contributed by atoms with Crippen LogP contribution in [0.4, 0.5) is 0 Å². The lowest BCUT2D eigenvalue weighted by molar-refractivity contribution is 0.354. The highest BCUT2D eigenvalue weighted by Crippen LogP contribution is 2.38. The molecule has 3 rings (SSSR count). The summed E-state index contributed by atoms with van der Waals surface area (Å²) < 4.78 is 1.64. The second-order valence-corrected chi connectivity index (χ2v) is 6.85. The molecular weight excluding hydrogens is 274 g/mol.